The van der Waals surface area contributed by atoms with Crippen LogP contribution >= 0.6 is 0 Å². The third-order valence-electron chi connectivity index (χ3n) is 5.93. The van der Waals surface area contributed by atoms with Gasteiger partial charge in [-0.15, -0.1) is 0 Å². The highest BCUT2D eigenvalue weighted by atomic mass is 32.2. The largest absolute Gasteiger partial charge is 0.355 e. The van der Waals surface area contributed by atoms with Crippen molar-refractivity contribution in [3.63, 3.8) is 0 Å². The van der Waals surface area contributed by atoms with Crippen molar-refractivity contribution < 1.29 is 13.2 Å². The van der Waals surface area contributed by atoms with Crippen LogP contribution in [0, 0.1) is 13.8 Å². The number of nitrogens with one attached hydrogen (secondary N) is 1. The molecule has 1 amide bonds. The number of rotatable bonds is 10. The highest BCUT2D eigenvalue weighted by Gasteiger charge is 2.28. The first-order valence-electron chi connectivity index (χ1n) is 11.4. The lowest BCUT2D eigenvalue weighted by atomic mass is 9.97. The third-order valence-corrected chi connectivity index (χ3v) is 7.91. The quantitative estimate of drug-likeness (QED) is 0.536. The van der Waals surface area contributed by atoms with Crippen molar-refractivity contribution in [2.24, 2.45) is 0 Å². The van der Waals surface area contributed by atoms with E-state index in [1.165, 1.54) is 22.7 Å². The summed E-state index contributed by atoms with van der Waals surface area (Å²) in [4.78, 5) is 13.0. The molecule has 0 spiro atoms. The molecule has 6 heteroatoms. The van der Waals surface area contributed by atoms with Crippen molar-refractivity contribution in [3.8, 4) is 0 Å². The molecular weight excluding hydrogens is 420 g/mol. The summed E-state index contributed by atoms with van der Waals surface area (Å²) in [5.41, 5.74) is 3.99. The number of carbonyl (C=O) groups excluding carboxylic acids is 1. The van der Waals surface area contributed by atoms with Crippen molar-refractivity contribution in [3.05, 3.63) is 76.9 Å². The van der Waals surface area contributed by atoms with Crippen molar-refractivity contribution >= 4 is 15.9 Å². The average Bonchev–Trinajstić information content (AvgIpc) is 2.79. The van der Waals surface area contributed by atoms with Crippen LogP contribution in [-0.2, 0) is 21.2 Å². The summed E-state index contributed by atoms with van der Waals surface area (Å²) < 4.78 is 28.4. The Labute approximate surface area is 192 Å². The summed E-state index contributed by atoms with van der Waals surface area (Å²) in [6.07, 6.45) is 8.31. The summed E-state index contributed by atoms with van der Waals surface area (Å²) in [5.74, 6) is -0.261. The minimum atomic E-state index is -3.80. The fourth-order valence-corrected chi connectivity index (χ4v) is 5.72. The standard InChI is InChI=1S/C26H34N2O3S/c1-21-13-14-22(2)25(19-21)32(30,31)28(18-16-24-11-7-4-8-12-24)20-26(29)27-17-15-23-9-5-3-6-10-23/h4,7-9,11-14,19H,3,5-6,10,15-18,20H2,1-2H3,(H,27,29). The van der Waals surface area contributed by atoms with Gasteiger partial charge in [0.2, 0.25) is 15.9 Å². The summed E-state index contributed by atoms with van der Waals surface area (Å²) in [6, 6.07) is 15.2. The maximum Gasteiger partial charge on any atom is 0.243 e. The van der Waals surface area contributed by atoms with Crippen molar-refractivity contribution in [1.29, 1.82) is 0 Å². The van der Waals surface area contributed by atoms with Gasteiger partial charge in [-0.1, -0.05) is 54.1 Å². The van der Waals surface area contributed by atoms with E-state index in [2.05, 4.69) is 11.4 Å². The second kappa shape index (κ2) is 11.4. The Balaban J connectivity index is 1.71. The molecule has 3 rings (SSSR count). The molecule has 0 aromatic heterocycles. The van der Waals surface area contributed by atoms with Crippen LogP contribution in [0.2, 0.25) is 0 Å². The van der Waals surface area contributed by atoms with E-state index in [0.29, 0.717) is 18.5 Å². The molecule has 5 nitrogen and oxygen atoms in total. The second-order valence-electron chi connectivity index (χ2n) is 8.55. The molecule has 1 N–H and O–H groups in total. The fraction of sp³-hybridized carbons (Fsp3) is 0.423. The summed E-state index contributed by atoms with van der Waals surface area (Å²) in [5, 5.41) is 2.92. The first-order chi connectivity index (χ1) is 15.4. The van der Waals surface area contributed by atoms with Crippen molar-refractivity contribution in [1.82, 2.24) is 9.62 Å². The zero-order valence-corrected chi connectivity index (χ0v) is 20.0. The van der Waals surface area contributed by atoms with E-state index in [9.17, 15) is 13.2 Å². The van der Waals surface area contributed by atoms with Gasteiger partial charge in [-0.2, -0.15) is 4.31 Å². The van der Waals surface area contributed by atoms with E-state index < -0.39 is 10.0 Å². The van der Waals surface area contributed by atoms with Gasteiger partial charge < -0.3 is 5.32 Å². The van der Waals surface area contributed by atoms with Crippen LogP contribution in [0.4, 0.5) is 0 Å². The molecule has 0 saturated heterocycles. The normalized spacial score (nSPS) is 14.3. The SMILES string of the molecule is Cc1ccc(C)c(S(=O)(=O)N(CCc2ccccc2)CC(=O)NCCC2=CCCCC2)c1. The molecule has 2 aromatic rings. The van der Waals surface area contributed by atoms with Crippen molar-refractivity contribution in [2.75, 3.05) is 19.6 Å². The monoisotopic (exact) mass is 454 g/mol. The Hall–Kier alpha value is -2.44. The zero-order chi connectivity index (χ0) is 23.0. The number of sulfonamides is 1. The molecule has 0 unspecified atom stereocenters. The van der Waals surface area contributed by atoms with Crippen LogP contribution in [0.1, 0.15) is 48.8 Å². The molecule has 2 aromatic carbocycles. The van der Waals surface area contributed by atoms with Gasteiger partial charge in [-0.3, -0.25) is 4.79 Å². The molecule has 1 aliphatic carbocycles. The Morgan fingerprint density at radius 2 is 1.81 bits per heavy atom. The van der Waals surface area contributed by atoms with Gasteiger partial charge in [0, 0.05) is 13.1 Å². The Kier molecular flexibility index (Phi) is 8.65. The van der Waals surface area contributed by atoms with Crippen LogP contribution in [0.25, 0.3) is 0 Å². The number of benzene rings is 2. The van der Waals surface area contributed by atoms with Gasteiger partial charge in [0.15, 0.2) is 0 Å². The molecule has 0 aliphatic heterocycles. The minimum Gasteiger partial charge on any atom is -0.355 e. The molecule has 0 radical (unpaired) electrons. The number of hydrogen-bond donors (Lipinski definition) is 1. The molecular formula is C26H34N2O3S. The van der Waals surface area contributed by atoms with Gasteiger partial charge in [-0.25, -0.2) is 8.42 Å². The van der Waals surface area contributed by atoms with Crippen LogP contribution < -0.4 is 5.32 Å². The number of amides is 1. The van der Waals surface area contributed by atoms with Gasteiger partial charge in [0.05, 0.1) is 11.4 Å². The lowest BCUT2D eigenvalue weighted by Gasteiger charge is -2.23. The number of carbonyl (C=O) groups is 1. The highest BCUT2D eigenvalue weighted by molar-refractivity contribution is 7.89. The van der Waals surface area contributed by atoms with E-state index >= 15 is 0 Å². The number of hydrogen-bond acceptors (Lipinski definition) is 3. The summed E-state index contributed by atoms with van der Waals surface area (Å²) >= 11 is 0. The molecule has 1 aliphatic rings. The Bertz CT molecular complexity index is 1050. The molecule has 0 atom stereocenters. The summed E-state index contributed by atoms with van der Waals surface area (Å²) in [7, 11) is -3.80. The van der Waals surface area contributed by atoms with Crippen LogP contribution in [-0.4, -0.2) is 38.3 Å². The molecule has 32 heavy (non-hydrogen) atoms. The average molecular weight is 455 g/mol. The predicted molar refractivity (Wildman–Crippen MR) is 129 cm³/mol. The van der Waals surface area contributed by atoms with Crippen LogP contribution in [0.3, 0.4) is 0 Å². The first-order valence-corrected chi connectivity index (χ1v) is 12.9. The predicted octanol–water partition coefficient (Wildman–Crippen LogP) is 4.54. The van der Waals surface area contributed by atoms with Crippen LogP contribution in [0.15, 0.2) is 65.1 Å². The number of allylic oxidation sites excluding steroid dienone is 1. The van der Waals surface area contributed by atoms with E-state index in [1.807, 2.05) is 49.4 Å². The number of aryl methyl sites for hydroxylation is 2. The van der Waals surface area contributed by atoms with Gasteiger partial charge in [0.25, 0.3) is 0 Å². The molecule has 0 saturated carbocycles. The smallest absolute Gasteiger partial charge is 0.243 e. The van der Waals surface area contributed by atoms with E-state index in [-0.39, 0.29) is 23.9 Å². The van der Waals surface area contributed by atoms with E-state index in [4.69, 9.17) is 0 Å². The Morgan fingerprint density at radius 1 is 1.03 bits per heavy atom. The maximum atomic E-state index is 13.5. The lowest BCUT2D eigenvalue weighted by Crippen LogP contribution is -2.42. The summed E-state index contributed by atoms with van der Waals surface area (Å²) in [6.45, 7) is 4.28. The third kappa shape index (κ3) is 6.78. The molecule has 172 valence electrons. The minimum absolute atomic E-state index is 0.179. The molecule has 0 fully saturated rings. The van der Waals surface area contributed by atoms with E-state index in [1.54, 1.807) is 13.0 Å². The van der Waals surface area contributed by atoms with Gasteiger partial charge >= 0.3 is 0 Å². The Morgan fingerprint density at radius 3 is 2.53 bits per heavy atom. The van der Waals surface area contributed by atoms with E-state index in [0.717, 1.165) is 30.4 Å². The van der Waals surface area contributed by atoms with Gasteiger partial charge in [0.1, 0.15) is 0 Å². The topological polar surface area (TPSA) is 66.5 Å². The first kappa shape index (κ1) is 24.2. The lowest BCUT2D eigenvalue weighted by molar-refractivity contribution is -0.121. The molecule has 0 bridgehead atoms. The second-order valence-corrected chi connectivity index (χ2v) is 10.5. The maximum absolute atomic E-state index is 13.5. The molecule has 0 heterocycles. The van der Waals surface area contributed by atoms with Gasteiger partial charge in [-0.05, 0) is 75.1 Å². The van der Waals surface area contributed by atoms with Crippen LogP contribution in [0.5, 0.6) is 0 Å². The fourth-order valence-electron chi connectivity index (χ4n) is 4.02. The van der Waals surface area contributed by atoms with Crippen molar-refractivity contribution in [2.45, 2.75) is 57.3 Å². The highest BCUT2D eigenvalue weighted by Crippen LogP contribution is 2.22. The zero-order valence-electron chi connectivity index (χ0n) is 19.1. The number of nitrogens with zero attached hydrogens (tertiary/aromatic N) is 1.